The van der Waals surface area contributed by atoms with Crippen molar-refractivity contribution >= 4 is 0 Å². The summed E-state index contributed by atoms with van der Waals surface area (Å²) >= 11 is 0. The van der Waals surface area contributed by atoms with Gasteiger partial charge in [-0.25, -0.2) is 0 Å². The number of nitrogens with zero attached hydrogens (tertiary/aromatic N) is 1. The van der Waals surface area contributed by atoms with Crippen molar-refractivity contribution < 1.29 is 4.74 Å². The molecular weight excluding hydrogens is 150 g/mol. The molecule has 0 atom stereocenters. The van der Waals surface area contributed by atoms with E-state index in [0.717, 1.165) is 23.8 Å². The zero-order valence-electron chi connectivity index (χ0n) is 6.99. The zero-order chi connectivity index (χ0) is 8.39. The van der Waals surface area contributed by atoms with Crippen LogP contribution in [-0.2, 0) is 0 Å². The highest BCUT2D eigenvalue weighted by Crippen LogP contribution is 2.29. The van der Waals surface area contributed by atoms with Gasteiger partial charge >= 0.3 is 0 Å². The maximum absolute atomic E-state index is 5.56. The fraction of sp³-hybridized carbons (Fsp3) is 0.400. The van der Waals surface area contributed by atoms with Gasteiger partial charge in [-0.15, -0.1) is 0 Å². The average molecular weight is 162 g/mol. The largest absolute Gasteiger partial charge is 0.493 e. The van der Waals surface area contributed by atoms with E-state index >= 15 is 0 Å². The molecule has 0 bridgehead atoms. The molecule has 0 N–H and O–H groups in total. The van der Waals surface area contributed by atoms with Gasteiger partial charge in [-0.2, -0.15) is 0 Å². The van der Waals surface area contributed by atoms with Crippen LogP contribution in [0.2, 0.25) is 0 Å². The topological polar surface area (TPSA) is 22.1 Å². The normalized spacial score (nSPS) is 16.1. The summed E-state index contributed by atoms with van der Waals surface area (Å²) in [6.45, 7) is 4.67. The van der Waals surface area contributed by atoms with E-state index in [1.807, 2.05) is 6.07 Å². The van der Waals surface area contributed by atoms with Gasteiger partial charge < -0.3 is 4.74 Å². The van der Waals surface area contributed by atoms with Gasteiger partial charge in [0.05, 0.1) is 6.61 Å². The van der Waals surface area contributed by atoms with Crippen molar-refractivity contribution in [3.8, 4) is 5.75 Å². The van der Waals surface area contributed by atoms with Crippen molar-refractivity contribution in [2.75, 3.05) is 6.61 Å². The van der Waals surface area contributed by atoms with Gasteiger partial charge in [-0.3, -0.25) is 4.98 Å². The van der Waals surface area contributed by atoms with Gasteiger partial charge in [0.2, 0.25) is 0 Å². The molecule has 2 heteroatoms. The molecule has 0 spiro atoms. The summed E-state index contributed by atoms with van der Waals surface area (Å²) in [6, 6.07) is 1.87. The van der Waals surface area contributed by atoms with Crippen LogP contribution in [0.1, 0.15) is 18.4 Å². The molecule has 1 aliphatic carbocycles. The number of pyridine rings is 1. The van der Waals surface area contributed by atoms with Crippen LogP contribution in [0, 0.1) is 12.8 Å². The molecule has 1 fully saturated rings. The molecule has 2 nitrogen and oxygen atoms in total. The van der Waals surface area contributed by atoms with E-state index in [-0.39, 0.29) is 0 Å². The first kappa shape index (κ1) is 7.59. The number of ether oxygens (including phenoxy) is 1. The minimum Gasteiger partial charge on any atom is -0.493 e. The van der Waals surface area contributed by atoms with Crippen molar-refractivity contribution in [3.05, 3.63) is 30.9 Å². The Bertz CT molecular complexity index is 268. The third kappa shape index (κ3) is 1.76. The molecule has 1 aromatic rings. The fourth-order valence-corrected chi connectivity index (χ4v) is 1.05. The molecule has 1 aliphatic rings. The summed E-state index contributed by atoms with van der Waals surface area (Å²) in [5.41, 5.74) is 0.873. The first-order valence-corrected chi connectivity index (χ1v) is 4.25. The zero-order valence-corrected chi connectivity index (χ0v) is 6.99. The van der Waals surface area contributed by atoms with Gasteiger partial charge in [0.1, 0.15) is 5.75 Å². The SMILES string of the molecule is [CH2]c1cnccc1OCC1CC1. The third-order valence-electron chi connectivity index (χ3n) is 2.03. The molecule has 1 aromatic heterocycles. The lowest BCUT2D eigenvalue weighted by atomic mass is 10.3. The Kier molecular flexibility index (Phi) is 1.98. The Balaban J connectivity index is 1.96. The van der Waals surface area contributed by atoms with E-state index in [1.165, 1.54) is 12.8 Å². The first-order valence-electron chi connectivity index (χ1n) is 4.25. The standard InChI is InChI=1S/C10H12NO/c1-8-6-11-5-4-10(8)12-7-9-2-3-9/h4-6,9H,1-3,7H2. The van der Waals surface area contributed by atoms with Gasteiger partial charge in [0.15, 0.2) is 0 Å². The molecule has 0 aliphatic heterocycles. The molecule has 2 rings (SSSR count). The molecule has 0 amide bonds. The molecule has 12 heavy (non-hydrogen) atoms. The van der Waals surface area contributed by atoms with Crippen LogP contribution in [0.5, 0.6) is 5.75 Å². The smallest absolute Gasteiger partial charge is 0.125 e. The summed E-state index contributed by atoms with van der Waals surface area (Å²) in [5.74, 6) is 1.66. The highest BCUT2D eigenvalue weighted by molar-refractivity contribution is 5.32. The Hall–Kier alpha value is -1.05. The molecular formula is C10H12NO. The second kappa shape index (κ2) is 3.13. The van der Waals surface area contributed by atoms with Gasteiger partial charge in [-0.05, 0) is 31.7 Å². The molecule has 1 heterocycles. The monoisotopic (exact) mass is 162 g/mol. The minimum atomic E-state index is 0.789. The highest BCUT2D eigenvalue weighted by atomic mass is 16.5. The van der Waals surface area contributed by atoms with Gasteiger partial charge in [0.25, 0.3) is 0 Å². The van der Waals surface area contributed by atoms with Crippen molar-refractivity contribution in [3.63, 3.8) is 0 Å². The van der Waals surface area contributed by atoms with Crippen LogP contribution >= 0.6 is 0 Å². The molecule has 63 valence electrons. The maximum atomic E-state index is 5.56. The third-order valence-corrected chi connectivity index (χ3v) is 2.03. The van der Waals surface area contributed by atoms with Gasteiger partial charge in [-0.1, -0.05) is 0 Å². The Morgan fingerprint density at radius 1 is 1.58 bits per heavy atom. The van der Waals surface area contributed by atoms with Crippen LogP contribution in [0.25, 0.3) is 0 Å². The lowest BCUT2D eigenvalue weighted by Crippen LogP contribution is -2.00. The number of hydrogen-bond acceptors (Lipinski definition) is 2. The predicted molar refractivity (Wildman–Crippen MR) is 46.9 cm³/mol. The van der Waals surface area contributed by atoms with E-state index < -0.39 is 0 Å². The van der Waals surface area contributed by atoms with Crippen LogP contribution < -0.4 is 4.74 Å². The molecule has 1 radical (unpaired) electrons. The van der Waals surface area contributed by atoms with E-state index in [4.69, 9.17) is 4.74 Å². The van der Waals surface area contributed by atoms with E-state index in [9.17, 15) is 0 Å². The Morgan fingerprint density at radius 3 is 3.08 bits per heavy atom. The quantitative estimate of drug-likeness (QED) is 0.678. The summed E-state index contributed by atoms with van der Waals surface area (Å²) < 4.78 is 5.56. The second-order valence-electron chi connectivity index (χ2n) is 3.24. The van der Waals surface area contributed by atoms with Crippen molar-refractivity contribution in [1.29, 1.82) is 0 Å². The van der Waals surface area contributed by atoms with Crippen molar-refractivity contribution in [2.45, 2.75) is 12.8 Å². The summed E-state index contributed by atoms with van der Waals surface area (Å²) in [6.07, 6.45) is 6.09. The lowest BCUT2D eigenvalue weighted by molar-refractivity contribution is 0.298. The number of rotatable bonds is 3. The van der Waals surface area contributed by atoms with Gasteiger partial charge in [0, 0.05) is 18.0 Å². The fourth-order valence-electron chi connectivity index (χ4n) is 1.05. The number of aromatic nitrogens is 1. The Labute approximate surface area is 72.6 Å². The molecule has 0 saturated heterocycles. The van der Waals surface area contributed by atoms with Crippen molar-refractivity contribution in [1.82, 2.24) is 4.98 Å². The molecule has 0 aromatic carbocycles. The van der Waals surface area contributed by atoms with E-state index in [1.54, 1.807) is 12.4 Å². The van der Waals surface area contributed by atoms with Crippen LogP contribution in [0.4, 0.5) is 0 Å². The average Bonchev–Trinajstić information content (AvgIpc) is 2.86. The molecule has 1 saturated carbocycles. The Morgan fingerprint density at radius 2 is 2.42 bits per heavy atom. The van der Waals surface area contributed by atoms with Crippen LogP contribution in [-0.4, -0.2) is 11.6 Å². The first-order chi connectivity index (χ1) is 5.86. The summed E-state index contributed by atoms with van der Waals surface area (Å²) in [5, 5.41) is 0. The minimum absolute atomic E-state index is 0.789. The molecule has 0 unspecified atom stereocenters. The lowest BCUT2D eigenvalue weighted by Gasteiger charge is -2.06. The maximum Gasteiger partial charge on any atom is 0.125 e. The van der Waals surface area contributed by atoms with Crippen LogP contribution in [0.3, 0.4) is 0 Å². The highest BCUT2D eigenvalue weighted by Gasteiger charge is 2.21. The summed E-state index contributed by atoms with van der Waals surface area (Å²) in [7, 11) is 0. The second-order valence-corrected chi connectivity index (χ2v) is 3.24. The van der Waals surface area contributed by atoms with Crippen LogP contribution in [0.15, 0.2) is 18.5 Å². The predicted octanol–water partition coefficient (Wildman–Crippen LogP) is 2.05. The number of hydrogen-bond donors (Lipinski definition) is 0. The van der Waals surface area contributed by atoms with E-state index in [0.29, 0.717) is 0 Å². The van der Waals surface area contributed by atoms with Crippen molar-refractivity contribution in [2.24, 2.45) is 5.92 Å². The van der Waals surface area contributed by atoms with E-state index in [2.05, 4.69) is 11.9 Å². The summed E-state index contributed by atoms with van der Waals surface area (Å²) in [4.78, 5) is 3.95.